The summed E-state index contributed by atoms with van der Waals surface area (Å²) in [6.07, 6.45) is 9.87. The minimum Gasteiger partial charge on any atom is -0.507 e. The Labute approximate surface area is 187 Å². The van der Waals surface area contributed by atoms with Crippen LogP contribution >= 0.6 is 0 Å². The maximum Gasteiger partial charge on any atom is 0.194 e. The van der Waals surface area contributed by atoms with Crippen LogP contribution in [0.5, 0.6) is 11.5 Å². The van der Waals surface area contributed by atoms with Gasteiger partial charge in [0.1, 0.15) is 18.1 Å². The van der Waals surface area contributed by atoms with E-state index in [0.29, 0.717) is 36.0 Å². The molecule has 0 unspecified atom stereocenters. The summed E-state index contributed by atoms with van der Waals surface area (Å²) < 4.78 is 7.73. The van der Waals surface area contributed by atoms with Crippen LogP contribution in [-0.2, 0) is 7.05 Å². The largest absolute Gasteiger partial charge is 0.507 e. The average Bonchev–Trinajstić information content (AvgIpc) is 3.24. The van der Waals surface area contributed by atoms with Crippen molar-refractivity contribution < 1.29 is 9.84 Å². The minimum absolute atomic E-state index is 0.166. The number of rotatable bonds is 3. The normalized spacial score (nSPS) is 24.7. The van der Waals surface area contributed by atoms with Crippen LogP contribution < -0.4 is 15.0 Å². The average molecular weight is 433 g/mol. The summed E-state index contributed by atoms with van der Waals surface area (Å²) in [7, 11) is 1.87. The predicted molar refractivity (Wildman–Crippen MR) is 122 cm³/mol. The molecule has 8 nitrogen and oxygen atoms in total. The van der Waals surface area contributed by atoms with Gasteiger partial charge in [-0.1, -0.05) is 12.5 Å². The summed E-state index contributed by atoms with van der Waals surface area (Å²) in [4.78, 5) is 2.40. The van der Waals surface area contributed by atoms with E-state index < -0.39 is 0 Å². The summed E-state index contributed by atoms with van der Waals surface area (Å²) in [6, 6.07) is 9.20. The Bertz CT molecular complexity index is 1130. The summed E-state index contributed by atoms with van der Waals surface area (Å²) in [5.74, 6) is 1.75. The topological polar surface area (TPSA) is 88.3 Å². The zero-order valence-corrected chi connectivity index (χ0v) is 18.2. The smallest absolute Gasteiger partial charge is 0.194 e. The second-order valence-corrected chi connectivity index (χ2v) is 9.21. The SMILES string of the molecule is Cn1cc(-c2ccc(-c3cc4c(nn3)N([C@@H]3C[C@H]5CCC[C@@H](C3)N5)CCO4)c(O)c2)cn1. The minimum atomic E-state index is 0.166. The van der Waals surface area contributed by atoms with Crippen molar-refractivity contribution in [1.29, 1.82) is 0 Å². The van der Waals surface area contributed by atoms with Crippen molar-refractivity contribution in [2.24, 2.45) is 7.05 Å². The first-order valence-electron chi connectivity index (χ1n) is 11.5. The molecule has 3 aliphatic rings. The van der Waals surface area contributed by atoms with E-state index in [-0.39, 0.29) is 5.75 Å². The van der Waals surface area contributed by atoms with Crippen LogP contribution in [0.3, 0.4) is 0 Å². The molecule has 5 heterocycles. The molecule has 8 heteroatoms. The first-order chi connectivity index (χ1) is 15.6. The molecule has 0 amide bonds. The van der Waals surface area contributed by atoms with Crippen LogP contribution in [-0.4, -0.2) is 56.4 Å². The third-order valence-electron chi connectivity index (χ3n) is 7.04. The number of ether oxygens (including phenoxy) is 1. The predicted octanol–water partition coefficient (Wildman–Crippen LogP) is 3.12. The van der Waals surface area contributed by atoms with E-state index in [4.69, 9.17) is 4.74 Å². The molecule has 3 aliphatic heterocycles. The summed E-state index contributed by atoms with van der Waals surface area (Å²) in [6.45, 7) is 1.49. The Morgan fingerprint density at radius 1 is 1.09 bits per heavy atom. The van der Waals surface area contributed by atoms with Gasteiger partial charge in [0, 0.05) is 48.6 Å². The Morgan fingerprint density at radius 3 is 2.69 bits per heavy atom. The fraction of sp³-hybridized carbons (Fsp3) is 0.458. The zero-order valence-electron chi connectivity index (χ0n) is 18.2. The maximum absolute atomic E-state index is 10.7. The Kier molecular flexibility index (Phi) is 4.75. The van der Waals surface area contributed by atoms with E-state index >= 15 is 0 Å². The van der Waals surface area contributed by atoms with Gasteiger partial charge in [0.2, 0.25) is 0 Å². The van der Waals surface area contributed by atoms with E-state index in [1.54, 1.807) is 16.9 Å². The van der Waals surface area contributed by atoms with Crippen molar-refractivity contribution >= 4 is 5.82 Å². The molecule has 0 radical (unpaired) electrons. The van der Waals surface area contributed by atoms with Crippen molar-refractivity contribution in [2.75, 3.05) is 18.1 Å². The molecule has 0 spiro atoms. The van der Waals surface area contributed by atoms with Crippen LogP contribution in [0.4, 0.5) is 5.82 Å². The second kappa shape index (κ2) is 7.78. The number of anilines is 1. The number of phenolic OH excluding ortho intramolecular Hbond substituents is 1. The zero-order chi connectivity index (χ0) is 21.7. The number of hydrogen-bond donors (Lipinski definition) is 2. The van der Waals surface area contributed by atoms with Gasteiger partial charge < -0.3 is 20.1 Å². The summed E-state index contributed by atoms with van der Waals surface area (Å²) >= 11 is 0. The monoisotopic (exact) mass is 432 g/mol. The van der Waals surface area contributed by atoms with Gasteiger partial charge >= 0.3 is 0 Å². The number of aromatic hydroxyl groups is 1. The fourth-order valence-corrected chi connectivity index (χ4v) is 5.51. The van der Waals surface area contributed by atoms with E-state index in [1.807, 2.05) is 31.4 Å². The van der Waals surface area contributed by atoms with Gasteiger partial charge in [-0.15, -0.1) is 10.2 Å². The molecule has 2 aromatic heterocycles. The van der Waals surface area contributed by atoms with Crippen LogP contribution in [0.15, 0.2) is 36.7 Å². The summed E-state index contributed by atoms with van der Waals surface area (Å²) in [5.41, 5.74) is 3.12. The molecule has 1 aromatic carbocycles. The number of benzene rings is 1. The van der Waals surface area contributed by atoms with E-state index in [0.717, 1.165) is 42.1 Å². The number of aromatic nitrogens is 4. The molecule has 6 rings (SSSR count). The van der Waals surface area contributed by atoms with Crippen LogP contribution in [0.1, 0.15) is 32.1 Å². The number of nitrogens with one attached hydrogen (secondary N) is 1. The van der Waals surface area contributed by atoms with Crippen molar-refractivity contribution in [3.05, 3.63) is 36.7 Å². The number of nitrogens with zero attached hydrogens (tertiary/aromatic N) is 5. The lowest BCUT2D eigenvalue weighted by molar-refractivity contribution is 0.205. The molecular formula is C24H28N6O2. The van der Waals surface area contributed by atoms with Gasteiger partial charge in [0.05, 0.1) is 12.7 Å². The number of piperidine rings is 2. The number of hydrogen-bond acceptors (Lipinski definition) is 7. The highest BCUT2D eigenvalue weighted by atomic mass is 16.5. The summed E-state index contributed by atoms with van der Waals surface area (Å²) in [5, 5.41) is 27.7. The van der Waals surface area contributed by atoms with Gasteiger partial charge in [0.25, 0.3) is 0 Å². The number of aryl methyl sites for hydroxylation is 1. The maximum atomic E-state index is 10.7. The van der Waals surface area contributed by atoms with Crippen molar-refractivity contribution in [1.82, 2.24) is 25.3 Å². The lowest BCUT2D eigenvalue weighted by atomic mass is 9.83. The molecule has 2 N–H and O–H groups in total. The number of phenols is 1. The van der Waals surface area contributed by atoms with Gasteiger partial charge in [-0.25, -0.2) is 0 Å². The van der Waals surface area contributed by atoms with Gasteiger partial charge in [-0.05, 0) is 43.4 Å². The quantitative estimate of drug-likeness (QED) is 0.657. The first-order valence-corrected chi connectivity index (χ1v) is 11.5. The van der Waals surface area contributed by atoms with Crippen molar-refractivity contribution in [2.45, 2.75) is 50.2 Å². The highest BCUT2D eigenvalue weighted by molar-refractivity contribution is 5.75. The Hall–Kier alpha value is -3.13. The molecule has 3 aromatic rings. The molecule has 32 heavy (non-hydrogen) atoms. The second-order valence-electron chi connectivity index (χ2n) is 9.21. The van der Waals surface area contributed by atoms with Gasteiger partial charge in [0.15, 0.2) is 11.6 Å². The van der Waals surface area contributed by atoms with Gasteiger partial charge in [-0.3, -0.25) is 4.68 Å². The van der Waals surface area contributed by atoms with Crippen LogP contribution in [0, 0.1) is 0 Å². The molecule has 0 aliphatic carbocycles. The van der Waals surface area contributed by atoms with E-state index in [9.17, 15) is 5.11 Å². The lowest BCUT2D eigenvalue weighted by Crippen LogP contribution is -2.56. The molecule has 2 fully saturated rings. The van der Waals surface area contributed by atoms with E-state index in [2.05, 4.69) is 25.5 Å². The standard InChI is InChI=1S/C24H28N6O2/c1-29-14-16(13-25-29)15-5-6-20(22(31)9-15)21-12-23-24(28-27-21)30(7-8-32-23)19-10-17-3-2-4-18(11-19)26-17/h5-6,9,12-14,17-19,26,31H,2-4,7-8,10-11H2,1H3/t17-,18+,19-. The third-order valence-corrected chi connectivity index (χ3v) is 7.04. The van der Waals surface area contributed by atoms with Gasteiger partial charge in [-0.2, -0.15) is 5.10 Å². The van der Waals surface area contributed by atoms with Crippen molar-refractivity contribution in [3.8, 4) is 33.9 Å². The van der Waals surface area contributed by atoms with Crippen LogP contribution in [0.25, 0.3) is 22.4 Å². The highest BCUT2D eigenvalue weighted by Crippen LogP contribution is 2.39. The molecule has 166 valence electrons. The van der Waals surface area contributed by atoms with Crippen LogP contribution in [0.2, 0.25) is 0 Å². The first kappa shape index (κ1) is 19.5. The molecule has 3 atom stereocenters. The third kappa shape index (κ3) is 3.48. The van der Waals surface area contributed by atoms with Crippen molar-refractivity contribution in [3.63, 3.8) is 0 Å². The fourth-order valence-electron chi connectivity index (χ4n) is 5.51. The Balaban J connectivity index is 1.28. The Morgan fingerprint density at radius 2 is 1.94 bits per heavy atom. The highest BCUT2D eigenvalue weighted by Gasteiger charge is 2.36. The molecule has 2 bridgehead atoms. The molecule has 2 saturated heterocycles. The van der Waals surface area contributed by atoms with E-state index in [1.165, 1.54) is 19.3 Å². The molecule has 0 saturated carbocycles. The number of fused-ring (bicyclic) bond motifs is 3. The molecular weight excluding hydrogens is 404 g/mol. The lowest BCUT2D eigenvalue weighted by Gasteiger charge is -2.46.